The number of esters is 1. The highest BCUT2D eigenvalue weighted by Crippen LogP contribution is 2.72. The molecule has 0 amide bonds. The highest BCUT2D eigenvalue weighted by atomic mass is 16.6. The molecule has 4 saturated carbocycles. The van der Waals surface area contributed by atoms with E-state index in [-0.39, 0.29) is 16.7 Å². The van der Waals surface area contributed by atoms with Crippen LogP contribution in [0.3, 0.4) is 0 Å². The third kappa shape index (κ3) is 1.41. The first-order valence-corrected chi connectivity index (χ1v) is 9.12. The van der Waals surface area contributed by atoms with Crippen molar-refractivity contribution in [3.8, 4) is 0 Å². The second-order valence-corrected chi connectivity index (χ2v) is 9.18. The van der Waals surface area contributed by atoms with Gasteiger partial charge in [-0.15, -0.1) is 0 Å². The first kappa shape index (κ1) is 14.5. The summed E-state index contributed by atoms with van der Waals surface area (Å²) in [6.07, 6.45) is 5.20. The second-order valence-electron chi connectivity index (χ2n) is 9.18. The molecule has 4 nitrogen and oxygen atoms in total. The van der Waals surface area contributed by atoms with Crippen molar-refractivity contribution in [2.75, 3.05) is 0 Å². The van der Waals surface area contributed by atoms with E-state index in [1.165, 1.54) is 5.57 Å². The number of rotatable bonds is 0. The van der Waals surface area contributed by atoms with E-state index in [1.54, 1.807) is 0 Å². The average Bonchev–Trinajstić information content (AvgIpc) is 2.91. The van der Waals surface area contributed by atoms with Crippen LogP contribution in [0, 0.1) is 28.6 Å². The number of aliphatic hydroxyl groups excluding tert-OH is 1. The fourth-order valence-corrected chi connectivity index (χ4v) is 7.62. The number of carbonyl (C=O) groups excluding carboxylic acids is 1. The van der Waals surface area contributed by atoms with E-state index in [0.717, 1.165) is 38.5 Å². The van der Waals surface area contributed by atoms with Crippen LogP contribution in [0.2, 0.25) is 0 Å². The molecule has 5 aliphatic rings. The van der Waals surface area contributed by atoms with Crippen molar-refractivity contribution < 1.29 is 19.7 Å². The van der Waals surface area contributed by atoms with Crippen molar-refractivity contribution in [3.63, 3.8) is 0 Å². The third-order valence-corrected chi connectivity index (χ3v) is 8.38. The summed E-state index contributed by atoms with van der Waals surface area (Å²) in [5, 5.41) is 22.3. The molecule has 0 radical (unpaired) electrons. The largest absolute Gasteiger partial charge is 0.457 e. The van der Waals surface area contributed by atoms with Crippen LogP contribution in [0.5, 0.6) is 0 Å². The van der Waals surface area contributed by atoms with Crippen LogP contribution in [0.4, 0.5) is 0 Å². The molecule has 2 N–H and O–H groups in total. The Morgan fingerprint density at radius 1 is 1.30 bits per heavy atom. The van der Waals surface area contributed by atoms with E-state index in [1.807, 2.05) is 0 Å². The van der Waals surface area contributed by atoms with Crippen LogP contribution >= 0.6 is 0 Å². The van der Waals surface area contributed by atoms with Crippen molar-refractivity contribution >= 4 is 5.97 Å². The Kier molecular flexibility index (Phi) is 2.53. The topological polar surface area (TPSA) is 66.8 Å². The Labute approximate surface area is 136 Å². The lowest BCUT2D eigenvalue weighted by molar-refractivity contribution is -0.229. The molecule has 1 aliphatic heterocycles. The fourth-order valence-electron chi connectivity index (χ4n) is 7.62. The van der Waals surface area contributed by atoms with Gasteiger partial charge in [0.15, 0.2) is 5.60 Å². The smallest absolute Gasteiger partial charge is 0.338 e. The summed E-state index contributed by atoms with van der Waals surface area (Å²) in [5.41, 5.74) is -0.437. The van der Waals surface area contributed by atoms with Gasteiger partial charge in [-0.3, -0.25) is 0 Å². The zero-order chi connectivity index (χ0) is 16.2. The van der Waals surface area contributed by atoms with E-state index in [2.05, 4.69) is 13.5 Å². The van der Waals surface area contributed by atoms with E-state index >= 15 is 0 Å². The summed E-state index contributed by atoms with van der Waals surface area (Å²) < 4.78 is 5.62. The quantitative estimate of drug-likeness (QED) is 0.531. The van der Waals surface area contributed by atoms with Gasteiger partial charge in [0.1, 0.15) is 6.10 Å². The van der Waals surface area contributed by atoms with Gasteiger partial charge in [-0.25, -0.2) is 4.79 Å². The molecule has 1 heterocycles. The van der Waals surface area contributed by atoms with Crippen molar-refractivity contribution in [3.05, 3.63) is 12.2 Å². The van der Waals surface area contributed by atoms with Gasteiger partial charge < -0.3 is 14.9 Å². The maximum absolute atomic E-state index is 12.4. The Bertz CT molecular complexity index is 614. The van der Waals surface area contributed by atoms with Crippen LogP contribution in [0.25, 0.3) is 0 Å². The van der Waals surface area contributed by atoms with Crippen molar-refractivity contribution in [2.45, 2.75) is 69.7 Å². The number of allylic oxidation sites excluding steroid dienone is 1. The molecule has 5 fully saturated rings. The molecule has 4 aliphatic carbocycles. The molecule has 5 rings (SSSR count). The highest BCUT2D eigenvalue weighted by molar-refractivity contribution is 5.83. The summed E-state index contributed by atoms with van der Waals surface area (Å²) in [4.78, 5) is 12.4. The molecule has 4 heteroatoms. The zero-order valence-electron chi connectivity index (χ0n) is 13.8. The van der Waals surface area contributed by atoms with E-state index < -0.39 is 23.8 Å². The lowest BCUT2D eigenvalue weighted by Crippen LogP contribution is -2.67. The Balaban J connectivity index is 1.69. The van der Waals surface area contributed by atoms with Crippen molar-refractivity contribution in [2.24, 2.45) is 28.6 Å². The summed E-state index contributed by atoms with van der Waals surface area (Å²) in [7, 11) is 0. The van der Waals surface area contributed by atoms with Gasteiger partial charge in [-0.05, 0) is 62.2 Å². The standard InChI is InChI=1S/C19H26O4/c1-10-8-18-9-11(10)4-5-12(18)17(2)6-3-7-19(22)14(17)13(15(18)20)23-16(19)21/h11-15,20,22H,1,3-9H2,2H3/t11-,12+,13-,14+,15+,17+,18+,19+/m1/s1. The highest BCUT2D eigenvalue weighted by Gasteiger charge is 2.76. The van der Waals surface area contributed by atoms with Gasteiger partial charge >= 0.3 is 5.97 Å². The van der Waals surface area contributed by atoms with Crippen LogP contribution in [0.1, 0.15) is 51.9 Å². The number of carbonyl (C=O) groups is 1. The fraction of sp³-hybridized carbons (Fsp3) is 0.842. The Hall–Kier alpha value is -0.870. The lowest BCUT2D eigenvalue weighted by Gasteiger charge is -2.63. The molecule has 0 aromatic rings. The van der Waals surface area contributed by atoms with Gasteiger partial charge in [-0.2, -0.15) is 0 Å². The lowest BCUT2D eigenvalue weighted by atomic mass is 9.41. The maximum Gasteiger partial charge on any atom is 0.338 e. The van der Waals surface area contributed by atoms with Crippen LogP contribution in [-0.2, 0) is 9.53 Å². The number of aliphatic hydroxyl groups is 2. The van der Waals surface area contributed by atoms with Gasteiger partial charge in [0, 0.05) is 11.3 Å². The minimum absolute atomic E-state index is 0.126. The van der Waals surface area contributed by atoms with Crippen LogP contribution in [0.15, 0.2) is 12.2 Å². The number of hydrogen-bond acceptors (Lipinski definition) is 4. The SMILES string of the molecule is C=C1C[C@]23C[C@H]1CC[C@H]2[C@]1(C)CCC[C@@]2(O)C(=O)O[C@@H]([C@@H]3O)[C@@H]12. The molecule has 0 unspecified atom stereocenters. The minimum Gasteiger partial charge on any atom is -0.457 e. The maximum atomic E-state index is 12.4. The normalized spacial score (nSPS) is 60.2. The second kappa shape index (κ2) is 4.02. The predicted octanol–water partition coefficient (Wildman–Crippen LogP) is 2.19. The monoisotopic (exact) mass is 318 g/mol. The van der Waals surface area contributed by atoms with Gasteiger partial charge in [0.25, 0.3) is 0 Å². The zero-order valence-corrected chi connectivity index (χ0v) is 13.8. The van der Waals surface area contributed by atoms with E-state index in [0.29, 0.717) is 18.3 Å². The first-order valence-electron chi connectivity index (χ1n) is 9.12. The number of hydrogen-bond donors (Lipinski definition) is 2. The molecule has 0 aromatic heterocycles. The summed E-state index contributed by atoms with van der Waals surface area (Å²) in [6.45, 7) is 6.51. The first-order chi connectivity index (χ1) is 10.8. The summed E-state index contributed by atoms with van der Waals surface area (Å²) >= 11 is 0. The predicted molar refractivity (Wildman–Crippen MR) is 83.3 cm³/mol. The third-order valence-electron chi connectivity index (χ3n) is 8.38. The molecule has 1 spiro atoms. The molecule has 126 valence electrons. The molecule has 1 saturated heterocycles. The molecule has 2 bridgehead atoms. The number of ether oxygens (including phenoxy) is 1. The van der Waals surface area contributed by atoms with Gasteiger partial charge in [-0.1, -0.05) is 19.1 Å². The minimum atomic E-state index is -1.38. The molecule has 0 aromatic carbocycles. The molecule has 8 atom stereocenters. The van der Waals surface area contributed by atoms with E-state index in [9.17, 15) is 15.0 Å². The van der Waals surface area contributed by atoms with Crippen LogP contribution < -0.4 is 0 Å². The van der Waals surface area contributed by atoms with Crippen molar-refractivity contribution in [1.82, 2.24) is 0 Å². The van der Waals surface area contributed by atoms with Gasteiger partial charge in [0.05, 0.1) is 6.10 Å². The molecular formula is C19H26O4. The van der Waals surface area contributed by atoms with Crippen LogP contribution in [-0.4, -0.2) is 34.0 Å². The van der Waals surface area contributed by atoms with Gasteiger partial charge in [0.2, 0.25) is 0 Å². The van der Waals surface area contributed by atoms with E-state index in [4.69, 9.17) is 4.74 Å². The molecular weight excluding hydrogens is 292 g/mol. The Morgan fingerprint density at radius 2 is 2.09 bits per heavy atom. The Morgan fingerprint density at radius 3 is 2.87 bits per heavy atom. The number of fused-ring (bicyclic) bond motifs is 2. The molecule has 23 heavy (non-hydrogen) atoms. The summed E-state index contributed by atoms with van der Waals surface area (Å²) in [5.74, 6) is 0.108. The average molecular weight is 318 g/mol. The van der Waals surface area contributed by atoms with Crippen molar-refractivity contribution in [1.29, 1.82) is 0 Å². The summed E-state index contributed by atoms with van der Waals surface area (Å²) in [6, 6.07) is 0.